The Morgan fingerprint density at radius 3 is 2.43 bits per heavy atom. The minimum absolute atomic E-state index is 0.00162. The predicted octanol–water partition coefficient (Wildman–Crippen LogP) is 1.99. The van der Waals surface area contributed by atoms with Crippen LogP contribution in [0, 0.1) is 5.82 Å². The number of ether oxygens (including phenoxy) is 2. The first-order chi connectivity index (χ1) is 17.7. The molecule has 0 bridgehead atoms. The maximum Gasteiger partial charge on any atom is 0.488 e. The molecule has 0 aliphatic carbocycles. The number of halogens is 1. The number of rotatable bonds is 8. The minimum Gasteiger partial charge on any atom is -0.457 e. The maximum atomic E-state index is 15.0. The monoisotopic (exact) mass is 506 g/mol. The molecule has 4 rings (SSSR count). The molecule has 0 saturated carbocycles. The van der Waals surface area contributed by atoms with Gasteiger partial charge in [-0.1, -0.05) is 36.4 Å². The lowest BCUT2D eigenvalue weighted by Gasteiger charge is -2.15. The minimum atomic E-state index is -1.62. The van der Waals surface area contributed by atoms with Crippen LogP contribution in [0.4, 0.5) is 14.9 Å². The van der Waals surface area contributed by atoms with Crippen molar-refractivity contribution >= 4 is 36.2 Å². The summed E-state index contributed by atoms with van der Waals surface area (Å²) in [6.07, 6.45) is -1.13. The lowest BCUT2D eigenvalue weighted by Crippen LogP contribution is -2.33. The number of esters is 1. The number of nitrogens with one attached hydrogen (secondary N) is 1. The molecular formula is C26H24BFN2O7. The summed E-state index contributed by atoms with van der Waals surface area (Å²) in [5.41, 5.74) is 2.51. The van der Waals surface area contributed by atoms with Gasteiger partial charge >= 0.3 is 19.2 Å². The normalized spacial score (nSPS) is 14.8. The van der Waals surface area contributed by atoms with E-state index in [1.165, 1.54) is 42.2 Å². The van der Waals surface area contributed by atoms with Gasteiger partial charge in [0, 0.05) is 12.5 Å². The van der Waals surface area contributed by atoms with Crippen LogP contribution in [-0.4, -0.2) is 54.3 Å². The first-order valence-corrected chi connectivity index (χ1v) is 11.5. The van der Waals surface area contributed by atoms with Gasteiger partial charge in [0.25, 0.3) is 0 Å². The zero-order chi connectivity index (χ0) is 26.5. The summed E-state index contributed by atoms with van der Waals surface area (Å²) >= 11 is 0. The summed E-state index contributed by atoms with van der Waals surface area (Å²) in [4.78, 5) is 36.8. The van der Waals surface area contributed by atoms with Gasteiger partial charge in [-0.3, -0.25) is 9.69 Å². The summed E-state index contributed by atoms with van der Waals surface area (Å²) in [6, 6.07) is 17.0. The average molecular weight is 506 g/mol. The van der Waals surface area contributed by atoms with E-state index in [1.807, 2.05) is 0 Å². The number of amides is 2. The molecule has 0 spiro atoms. The Kier molecular flexibility index (Phi) is 7.85. The van der Waals surface area contributed by atoms with Gasteiger partial charge in [-0.2, -0.15) is 0 Å². The van der Waals surface area contributed by atoms with Crippen LogP contribution in [-0.2, 0) is 20.9 Å². The van der Waals surface area contributed by atoms with E-state index in [2.05, 4.69) is 5.32 Å². The molecule has 1 saturated heterocycles. The van der Waals surface area contributed by atoms with Gasteiger partial charge in [0.2, 0.25) is 5.91 Å². The Hall–Kier alpha value is -4.22. The first-order valence-electron chi connectivity index (χ1n) is 11.5. The molecule has 190 valence electrons. The number of nitrogens with zero attached hydrogens (tertiary/aromatic N) is 1. The standard InChI is InChI=1S/C26H24BFN2O7/c1-16(31)29-13-22-14-30(26(33)37-22)21-10-11-23(24(28)12-21)18-4-2-17(3-5-18)15-36-25(32)19-6-8-20(9-7-19)27(34)35/h2-12,22,34-35H,13-15H2,1H3,(H,29,31)/t22-/m0/s1. The summed E-state index contributed by atoms with van der Waals surface area (Å²) in [7, 11) is -1.62. The summed E-state index contributed by atoms with van der Waals surface area (Å²) in [5, 5.41) is 20.8. The van der Waals surface area contributed by atoms with Crippen LogP contribution in [0.15, 0.2) is 66.7 Å². The van der Waals surface area contributed by atoms with E-state index in [9.17, 15) is 18.8 Å². The van der Waals surface area contributed by atoms with Gasteiger partial charge < -0.3 is 24.8 Å². The van der Waals surface area contributed by atoms with Crippen molar-refractivity contribution in [2.45, 2.75) is 19.6 Å². The van der Waals surface area contributed by atoms with Gasteiger partial charge in [-0.05, 0) is 46.9 Å². The molecule has 2 amide bonds. The fraction of sp³-hybridized carbons (Fsp3) is 0.192. The van der Waals surface area contributed by atoms with Gasteiger partial charge in [0.05, 0.1) is 24.3 Å². The van der Waals surface area contributed by atoms with Crippen molar-refractivity contribution in [2.75, 3.05) is 18.0 Å². The van der Waals surface area contributed by atoms with Crippen molar-refractivity contribution in [1.82, 2.24) is 5.32 Å². The molecule has 1 heterocycles. The molecule has 1 aliphatic heterocycles. The lowest BCUT2D eigenvalue weighted by atomic mass is 9.80. The van der Waals surface area contributed by atoms with Crippen molar-refractivity contribution in [3.63, 3.8) is 0 Å². The number of anilines is 1. The highest BCUT2D eigenvalue weighted by molar-refractivity contribution is 6.58. The summed E-state index contributed by atoms with van der Waals surface area (Å²) < 4.78 is 25.5. The molecular weight excluding hydrogens is 482 g/mol. The predicted molar refractivity (Wildman–Crippen MR) is 134 cm³/mol. The van der Waals surface area contributed by atoms with Crippen LogP contribution in [0.1, 0.15) is 22.8 Å². The summed E-state index contributed by atoms with van der Waals surface area (Å²) in [6.45, 7) is 1.74. The second-order valence-corrected chi connectivity index (χ2v) is 8.49. The Bertz CT molecular complexity index is 1300. The average Bonchev–Trinajstić information content (AvgIpc) is 3.26. The molecule has 0 aromatic heterocycles. The molecule has 11 heteroatoms. The maximum absolute atomic E-state index is 15.0. The van der Waals surface area contributed by atoms with Crippen molar-refractivity contribution in [3.05, 3.63) is 83.7 Å². The van der Waals surface area contributed by atoms with E-state index < -0.39 is 31.1 Å². The van der Waals surface area contributed by atoms with Crippen molar-refractivity contribution < 1.29 is 38.3 Å². The number of carbonyl (C=O) groups excluding carboxylic acids is 3. The van der Waals surface area contributed by atoms with Gasteiger partial charge in [0.15, 0.2) is 0 Å². The molecule has 0 radical (unpaired) electrons. The van der Waals surface area contributed by atoms with E-state index in [0.717, 1.165) is 0 Å². The molecule has 0 unspecified atom stereocenters. The Morgan fingerprint density at radius 2 is 1.81 bits per heavy atom. The molecule has 1 fully saturated rings. The highest BCUT2D eigenvalue weighted by Crippen LogP contribution is 2.29. The first kappa shape index (κ1) is 25.9. The van der Waals surface area contributed by atoms with E-state index in [4.69, 9.17) is 19.5 Å². The third-order valence-corrected chi connectivity index (χ3v) is 5.80. The molecule has 3 aromatic rings. The summed E-state index contributed by atoms with van der Waals surface area (Å²) in [5.74, 6) is -1.32. The molecule has 3 aromatic carbocycles. The SMILES string of the molecule is CC(=O)NC[C@H]1CN(c2ccc(-c3ccc(COC(=O)c4ccc(B(O)O)cc4)cc3)c(F)c2)C(=O)O1. The van der Waals surface area contributed by atoms with E-state index >= 15 is 0 Å². The van der Waals surface area contributed by atoms with Gasteiger partial charge in [-0.25, -0.2) is 14.0 Å². The molecule has 9 nitrogen and oxygen atoms in total. The number of hydrogen-bond acceptors (Lipinski definition) is 7. The van der Waals surface area contributed by atoms with Crippen LogP contribution in [0.5, 0.6) is 0 Å². The highest BCUT2D eigenvalue weighted by Gasteiger charge is 2.32. The van der Waals surface area contributed by atoms with Gasteiger partial charge in [-0.15, -0.1) is 0 Å². The van der Waals surface area contributed by atoms with Crippen LogP contribution in [0.3, 0.4) is 0 Å². The topological polar surface area (TPSA) is 125 Å². The van der Waals surface area contributed by atoms with E-state index in [0.29, 0.717) is 22.4 Å². The van der Waals surface area contributed by atoms with Crippen LogP contribution >= 0.6 is 0 Å². The number of hydrogen-bond donors (Lipinski definition) is 3. The largest absolute Gasteiger partial charge is 0.488 e. The van der Waals surface area contributed by atoms with Crippen molar-refractivity contribution in [1.29, 1.82) is 0 Å². The molecule has 37 heavy (non-hydrogen) atoms. The number of cyclic esters (lactones) is 1. The Balaban J connectivity index is 1.37. The van der Waals surface area contributed by atoms with Crippen LogP contribution in [0.2, 0.25) is 0 Å². The smallest absolute Gasteiger partial charge is 0.457 e. The van der Waals surface area contributed by atoms with Crippen molar-refractivity contribution in [2.24, 2.45) is 0 Å². The zero-order valence-corrected chi connectivity index (χ0v) is 19.9. The Labute approximate surface area is 212 Å². The fourth-order valence-corrected chi connectivity index (χ4v) is 3.81. The molecule has 1 atom stereocenters. The lowest BCUT2D eigenvalue weighted by molar-refractivity contribution is -0.119. The van der Waals surface area contributed by atoms with E-state index in [-0.39, 0.29) is 36.6 Å². The van der Waals surface area contributed by atoms with Crippen LogP contribution in [0.25, 0.3) is 11.1 Å². The quantitative estimate of drug-likeness (QED) is 0.315. The highest BCUT2D eigenvalue weighted by atomic mass is 19.1. The van der Waals surface area contributed by atoms with Crippen molar-refractivity contribution in [3.8, 4) is 11.1 Å². The van der Waals surface area contributed by atoms with Gasteiger partial charge in [0.1, 0.15) is 18.5 Å². The van der Waals surface area contributed by atoms with Crippen LogP contribution < -0.4 is 15.7 Å². The second kappa shape index (κ2) is 11.2. The third kappa shape index (κ3) is 6.32. The Morgan fingerprint density at radius 1 is 1.11 bits per heavy atom. The second-order valence-electron chi connectivity index (χ2n) is 8.49. The van der Waals surface area contributed by atoms with E-state index in [1.54, 1.807) is 36.4 Å². The number of benzene rings is 3. The molecule has 1 aliphatic rings. The zero-order valence-electron chi connectivity index (χ0n) is 19.9. The molecule has 3 N–H and O–H groups in total. The fourth-order valence-electron chi connectivity index (χ4n) is 3.81. The third-order valence-electron chi connectivity index (χ3n) is 5.80. The number of carbonyl (C=O) groups is 3.